The third-order valence-corrected chi connectivity index (χ3v) is 8.07. The maximum Gasteiger partial charge on any atom is 0.264 e. The molecular weight excluding hydrogens is 532 g/mol. The van der Waals surface area contributed by atoms with Gasteiger partial charge >= 0.3 is 0 Å². The Hall–Kier alpha value is -2.00. The van der Waals surface area contributed by atoms with Crippen LogP contribution in [-0.4, -0.2) is 33.2 Å². The molecule has 0 saturated heterocycles. The fourth-order valence-corrected chi connectivity index (χ4v) is 5.67. The number of hydrogen-bond acceptors (Lipinski definition) is 4. The van der Waals surface area contributed by atoms with E-state index in [9.17, 15) is 13.2 Å². The molecule has 0 fully saturated rings. The summed E-state index contributed by atoms with van der Waals surface area (Å²) in [6.45, 7) is 0.148. The van der Waals surface area contributed by atoms with Crippen LogP contribution in [0.15, 0.2) is 93.1 Å². The van der Waals surface area contributed by atoms with Crippen molar-refractivity contribution in [1.29, 1.82) is 0 Å². The van der Waals surface area contributed by atoms with Crippen molar-refractivity contribution in [2.75, 3.05) is 23.1 Å². The highest BCUT2D eigenvalue weighted by Gasteiger charge is 2.27. The first-order valence-corrected chi connectivity index (χ1v) is 13.4. The van der Waals surface area contributed by atoms with Crippen LogP contribution >= 0.6 is 39.3 Å². The number of anilines is 1. The maximum atomic E-state index is 13.3. The third kappa shape index (κ3) is 7.00. The summed E-state index contributed by atoms with van der Waals surface area (Å²) in [7, 11) is -3.90. The summed E-state index contributed by atoms with van der Waals surface area (Å²) in [4.78, 5) is 13.8. The average Bonchev–Trinajstić information content (AvgIpc) is 2.79. The predicted octanol–water partition coefficient (Wildman–Crippen LogP) is 5.60. The number of rotatable bonds is 10. The number of thioether (sulfide) groups is 1. The lowest BCUT2D eigenvalue weighted by molar-refractivity contribution is -0.119. The van der Waals surface area contributed by atoms with Gasteiger partial charge in [0.1, 0.15) is 6.54 Å². The van der Waals surface area contributed by atoms with Crippen LogP contribution in [0.25, 0.3) is 0 Å². The van der Waals surface area contributed by atoms with Gasteiger partial charge in [-0.15, -0.1) is 11.8 Å². The second kappa shape index (κ2) is 11.7. The molecule has 3 aromatic rings. The van der Waals surface area contributed by atoms with E-state index in [1.165, 1.54) is 12.1 Å². The number of benzene rings is 3. The number of nitrogens with one attached hydrogen (secondary N) is 1. The van der Waals surface area contributed by atoms with E-state index in [1.54, 1.807) is 54.2 Å². The Bertz CT molecular complexity index is 1140. The number of nitrogens with zero attached hydrogens (tertiary/aromatic N) is 1. The van der Waals surface area contributed by atoms with E-state index < -0.39 is 10.0 Å². The Labute approximate surface area is 206 Å². The van der Waals surface area contributed by atoms with Crippen molar-refractivity contribution in [2.45, 2.75) is 16.2 Å². The molecule has 0 aromatic heterocycles. The molecule has 0 aliphatic rings. The van der Waals surface area contributed by atoms with Gasteiger partial charge in [0, 0.05) is 20.9 Å². The molecule has 0 aliphatic heterocycles. The van der Waals surface area contributed by atoms with E-state index in [2.05, 4.69) is 21.2 Å². The largest absolute Gasteiger partial charge is 0.354 e. The molecule has 3 rings (SSSR count). The van der Waals surface area contributed by atoms with Gasteiger partial charge in [0.25, 0.3) is 10.0 Å². The van der Waals surface area contributed by atoms with Crippen LogP contribution in [0.4, 0.5) is 5.69 Å². The van der Waals surface area contributed by atoms with Crippen LogP contribution in [0.2, 0.25) is 5.02 Å². The summed E-state index contributed by atoms with van der Waals surface area (Å²) in [5.41, 5.74) is 0.414. The SMILES string of the molecule is O=C(CN(c1cccc(Br)c1)S(=O)(=O)c1ccccc1)NCCCSc1ccc(Cl)cc1. The number of sulfonamides is 1. The van der Waals surface area contributed by atoms with E-state index in [0.717, 1.165) is 25.8 Å². The van der Waals surface area contributed by atoms with Gasteiger partial charge in [0.05, 0.1) is 10.6 Å². The first-order chi connectivity index (χ1) is 15.4. The third-order valence-electron chi connectivity index (χ3n) is 4.44. The van der Waals surface area contributed by atoms with Gasteiger partial charge in [0.15, 0.2) is 0 Å². The molecule has 5 nitrogen and oxygen atoms in total. The highest BCUT2D eigenvalue weighted by atomic mass is 79.9. The summed E-state index contributed by atoms with van der Waals surface area (Å²) in [6, 6.07) is 22.6. The molecule has 3 aromatic carbocycles. The van der Waals surface area contributed by atoms with Gasteiger partial charge in [-0.2, -0.15) is 0 Å². The van der Waals surface area contributed by atoms with Crippen molar-refractivity contribution in [3.8, 4) is 0 Å². The number of carbonyl (C=O) groups is 1. The molecule has 0 radical (unpaired) electrons. The highest BCUT2D eigenvalue weighted by molar-refractivity contribution is 9.10. The molecule has 32 heavy (non-hydrogen) atoms. The molecule has 0 unspecified atom stereocenters. The zero-order valence-corrected chi connectivity index (χ0v) is 21.1. The van der Waals surface area contributed by atoms with Crippen molar-refractivity contribution in [3.63, 3.8) is 0 Å². The molecule has 0 bridgehead atoms. The molecule has 0 spiro atoms. The number of hydrogen-bond donors (Lipinski definition) is 1. The number of halogens is 2. The molecule has 9 heteroatoms. The minimum absolute atomic E-state index is 0.132. The van der Waals surface area contributed by atoms with Gasteiger partial charge in [-0.05, 0) is 66.8 Å². The molecule has 0 aliphatic carbocycles. The quantitative estimate of drug-likeness (QED) is 0.262. The second-order valence-corrected chi connectivity index (χ2v) is 11.2. The summed E-state index contributed by atoms with van der Waals surface area (Å²) in [5, 5.41) is 3.52. The molecule has 168 valence electrons. The monoisotopic (exact) mass is 552 g/mol. The minimum Gasteiger partial charge on any atom is -0.354 e. The van der Waals surface area contributed by atoms with Crippen molar-refractivity contribution in [2.24, 2.45) is 0 Å². The van der Waals surface area contributed by atoms with Crippen LogP contribution < -0.4 is 9.62 Å². The van der Waals surface area contributed by atoms with E-state index in [0.29, 0.717) is 17.3 Å². The topological polar surface area (TPSA) is 66.5 Å². The smallest absolute Gasteiger partial charge is 0.264 e. The summed E-state index contributed by atoms with van der Waals surface area (Å²) in [6.07, 6.45) is 0.751. The predicted molar refractivity (Wildman–Crippen MR) is 135 cm³/mol. The van der Waals surface area contributed by atoms with Gasteiger partial charge in [-0.25, -0.2) is 8.42 Å². The van der Waals surface area contributed by atoms with Crippen LogP contribution in [0.5, 0.6) is 0 Å². The summed E-state index contributed by atoms with van der Waals surface area (Å²) < 4.78 is 28.4. The maximum absolute atomic E-state index is 13.3. The zero-order valence-electron chi connectivity index (χ0n) is 17.1. The molecule has 1 N–H and O–H groups in total. The second-order valence-electron chi connectivity index (χ2n) is 6.81. The first-order valence-electron chi connectivity index (χ1n) is 9.85. The van der Waals surface area contributed by atoms with E-state index >= 15 is 0 Å². The van der Waals surface area contributed by atoms with Crippen molar-refractivity contribution >= 4 is 60.9 Å². The number of amides is 1. The Balaban J connectivity index is 1.62. The lowest BCUT2D eigenvalue weighted by Gasteiger charge is -2.24. The molecule has 0 saturated carbocycles. The average molecular weight is 554 g/mol. The summed E-state index contributed by atoms with van der Waals surface area (Å²) >= 11 is 10.9. The molecule has 1 amide bonds. The molecule has 0 atom stereocenters. The Morgan fingerprint density at radius 2 is 1.72 bits per heavy atom. The van der Waals surface area contributed by atoms with Crippen molar-refractivity contribution in [3.05, 3.63) is 88.4 Å². The lowest BCUT2D eigenvalue weighted by Crippen LogP contribution is -2.41. The minimum atomic E-state index is -3.90. The standard InChI is InChI=1S/C23H22BrClN2O3S2/c24-18-6-4-7-20(16-18)27(32(29,30)22-8-2-1-3-9-22)17-23(28)26-14-5-15-31-21-12-10-19(25)11-13-21/h1-4,6-13,16H,5,14-15,17H2,(H,26,28). The highest BCUT2D eigenvalue weighted by Crippen LogP contribution is 2.26. The van der Waals surface area contributed by atoms with E-state index in [4.69, 9.17) is 11.6 Å². The normalized spacial score (nSPS) is 11.2. The van der Waals surface area contributed by atoms with Crippen LogP contribution in [0, 0.1) is 0 Å². The van der Waals surface area contributed by atoms with E-state index in [-0.39, 0.29) is 17.3 Å². The zero-order chi connectivity index (χ0) is 23.0. The van der Waals surface area contributed by atoms with Gasteiger partial charge in [-0.1, -0.05) is 51.8 Å². The van der Waals surface area contributed by atoms with Crippen molar-refractivity contribution in [1.82, 2.24) is 5.32 Å². The van der Waals surface area contributed by atoms with Gasteiger partial charge < -0.3 is 5.32 Å². The Morgan fingerprint density at radius 3 is 2.41 bits per heavy atom. The fraction of sp³-hybridized carbons (Fsp3) is 0.174. The van der Waals surface area contributed by atoms with Gasteiger partial charge in [0.2, 0.25) is 5.91 Å². The van der Waals surface area contributed by atoms with Crippen LogP contribution in [0.1, 0.15) is 6.42 Å². The number of carbonyl (C=O) groups excluding carboxylic acids is 1. The Kier molecular flexibility index (Phi) is 9.04. The Morgan fingerprint density at radius 1 is 1.00 bits per heavy atom. The van der Waals surface area contributed by atoms with Crippen molar-refractivity contribution < 1.29 is 13.2 Å². The van der Waals surface area contributed by atoms with E-state index in [1.807, 2.05) is 24.3 Å². The summed E-state index contributed by atoms with van der Waals surface area (Å²) in [5.74, 6) is 0.459. The fourth-order valence-electron chi connectivity index (χ4n) is 2.87. The van der Waals surface area contributed by atoms with Crippen LogP contribution in [0.3, 0.4) is 0 Å². The molecule has 0 heterocycles. The first kappa shape index (κ1) is 24.6. The molecular formula is C23H22BrClN2O3S2. The van der Waals surface area contributed by atoms with Crippen LogP contribution in [-0.2, 0) is 14.8 Å². The van der Waals surface area contributed by atoms with Gasteiger partial charge in [-0.3, -0.25) is 9.10 Å². The lowest BCUT2D eigenvalue weighted by atomic mass is 10.3.